The molecule has 0 aliphatic heterocycles. The highest BCUT2D eigenvalue weighted by Gasteiger charge is 2.22. The van der Waals surface area contributed by atoms with Gasteiger partial charge in [-0.1, -0.05) is 103 Å². The summed E-state index contributed by atoms with van der Waals surface area (Å²) < 4.78 is 7.63. The molecule has 8 aromatic carbocycles. The van der Waals surface area contributed by atoms with Crippen LogP contribution in [0.3, 0.4) is 0 Å². The molecule has 2 nitrogen and oxygen atoms in total. The van der Waals surface area contributed by atoms with Gasteiger partial charge in [0, 0.05) is 52.8 Å². The van der Waals surface area contributed by atoms with Crippen LogP contribution < -0.4 is 0 Å². The van der Waals surface area contributed by atoms with E-state index in [9.17, 15) is 0 Å². The van der Waals surface area contributed by atoms with Crippen molar-refractivity contribution in [1.29, 1.82) is 0 Å². The lowest BCUT2D eigenvalue weighted by Crippen LogP contribution is -1.97. The summed E-state index contributed by atoms with van der Waals surface area (Å²) in [5.74, 6) is 0. The molecule has 3 heterocycles. The molecule has 0 spiro atoms. The Hall–Kier alpha value is -5.90. The standard InChI is InChI=1S/C44H26N2S/c1-2-13-28(14-3-1)45-37-22-23-42-44(33-19-9-11-21-41(33)47-42)43(37)35-25-34-32-18-8-10-20-36(32)46(39(34)26-40(35)45)38-24-27-12-4-5-15-29(27)30-16-6-7-17-31(30)38/h1-26H. The summed E-state index contributed by atoms with van der Waals surface area (Å²) in [4.78, 5) is 0. The van der Waals surface area contributed by atoms with Crippen molar-refractivity contribution >= 4 is 96.7 Å². The van der Waals surface area contributed by atoms with Gasteiger partial charge in [-0.2, -0.15) is 0 Å². The number of nitrogens with zero attached hydrogens (tertiary/aromatic N) is 2. The Morgan fingerprint density at radius 2 is 1.02 bits per heavy atom. The predicted octanol–water partition coefficient (Wildman–Crippen LogP) is 12.6. The van der Waals surface area contributed by atoms with Gasteiger partial charge in [-0.05, 0) is 70.8 Å². The van der Waals surface area contributed by atoms with E-state index >= 15 is 0 Å². The van der Waals surface area contributed by atoms with Crippen molar-refractivity contribution in [3.63, 3.8) is 0 Å². The SMILES string of the molecule is c1ccc(-n2c3cc4c(cc3c3c5c(ccc32)sc2ccccc25)c2ccccc2n4-c2cc3ccccc3c3ccccc23)cc1. The molecule has 0 fully saturated rings. The number of para-hydroxylation sites is 2. The van der Waals surface area contributed by atoms with Crippen LogP contribution in [0.15, 0.2) is 158 Å². The van der Waals surface area contributed by atoms with Crippen LogP contribution in [0.1, 0.15) is 0 Å². The monoisotopic (exact) mass is 614 g/mol. The minimum absolute atomic E-state index is 1.17. The normalized spacial score (nSPS) is 12.3. The molecule has 47 heavy (non-hydrogen) atoms. The number of hydrogen-bond donors (Lipinski definition) is 0. The van der Waals surface area contributed by atoms with Crippen LogP contribution in [-0.2, 0) is 0 Å². The van der Waals surface area contributed by atoms with Crippen molar-refractivity contribution in [2.24, 2.45) is 0 Å². The summed E-state index contributed by atoms with van der Waals surface area (Å²) in [5.41, 5.74) is 7.27. The van der Waals surface area contributed by atoms with E-state index in [4.69, 9.17) is 0 Å². The van der Waals surface area contributed by atoms with E-state index in [1.807, 2.05) is 11.3 Å². The third-order valence-electron chi connectivity index (χ3n) is 10.1. The van der Waals surface area contributed by atoms with Gasteiger partial charge >= 0.3 is 0 Å². The molecule has 0 N–H and O–H groups in total. The van der Waals surface area contributed by atoms with E-state index in [0.29, 0.717) is 0 Å². The molecule has 3 heteroatoms. The van der Waals surface area contributed by atoms with E-state index in [0.717, 1.165) is 0 Å². The first-order valence-electron chi connectivity index (χ1n) is 16.1. The van der Waals surface area contributed by atoms with Crippen molar-refractivity contribution in [3.05, 3.63) is 158 Å². The van der Waals surface area contributed by atoms with Gasteiger partial charge in [0.05, 0.1) is 27.8 Å². The van der Waals surface area contributed by atoms with Crippen molar-refractivity contribution in [3.8, 4) is 11.4 Å². The first-order chi connectivity index (χ1) is 23.3. The van der Waals surface area contributed by atoms with Crippen LogP contribution in [0.4, 0.5) is 0 Å². The predicted molar refractivity (Wildman–Crippen MR) is 203 cm³/mol. The second-order valence-corrected chi connectivity index (χ2v) is 13.6. The second kappa shape index (κ2) is 9.32. The number of fused-ring (bicyclic) bond motifs is 13. The Labute approximate surface area is 273 Å². The van der Waals surface area contributed by atoms with Gasteiger partial charge in [-0.3, -0.25) is 0 Å². The molecule has 0 saturated heterocycles. The molecule has 11 rings (SSSR count). The molecule has 11 aromatic rings. The highest BCUT2D eigenvalue weighted by Crippen LogP contribution is 2.46. The number of aromatic nitrogens is 2. The quantitative estimate of drug-likeness (QED) is 0.171. The van der Waals surface area contributed by atoms with Crippen LogP contribution in [0.2, 0.25) is 0 Å². The van der Waals surface area contributed by atoms with Crippen molar-refractivity contribution in [1.82, 2.24) is 9.13 Å². The lowest BCUT2D eigenvalue weighted by atomic mass is 10.00. The van der Waals surface area contributed by atoms with E-state index in [1.54, 1.807) is 0 Å². The highest BCUT2D eigenvalue weighted by molar-refractivity contribution is 7.26. The molecule has 0 aliphatic carbocycles. The zero-order chi connectivity index (χ0) is 30.6. The third-order valence-corrected chi connectivity index (χ3v) is 11.2. The smallest absolute Gasteiger partial charge is 0.0562 e. The van der Waals surface area contributed by atoms with E-state index in [2.05, 4.69) is 167 Å². The van der Waals surface area contributed by atoms with Gasteiger partial charge in [0.25, 0.3) is 0 Å². The number of thiophene rings is 1. The van der Waals surface area contributed by atoms with Crippen LogP contribution in [0.25, 0.3) is 96.7 Å². The first kappa shape index (κ1) is 25.3. The topological polar surface area (TPSA) is 9.86 Å². The van der Waals surface area contributed by atoms with Gasteiger partial charge in [-0.15, -0.1) is 11.3 Å². The number of rotatable bonds is 2. The van der Waals surface area contributed by atoms with E-state index < -0.39 is 0 Å². The number of hydrogen-bond acceptors (Lipinski definition) is 1. The van der Waals surface area contributed by atoms with Gasteiger partial charge in [-0.25, -0.2) is 0 Å². The fourth-order valence-corrected chi connectivity index (χ4v) is 9.23. The largest absolute Gasteiger partial charge is 0.309 e. The lowest BCUT2D eigenvalue weighted by molar-refractivity contribution is 1.17. The summed E-state index contributed by atoms with van der Waals surface area (Å²) in [6.45, 7) is 0. The fourth-order valence-electron chi connectivity index (χ4n) is 8.12. The zero-order valence-electron chi connectivity index (χ0n) is 25.3. The zero-order valence-corrected chi connectivity index (χ0v) is 26.1. The van der Waals surface area contributed by atoms with Crippen molar-refractivity contribution < 1.29 is 0 Å². The summed E-state index contributed by atoms with van der Waals surface area (Å²) in [7, 11) is 0. The van der Waals surface area contributed by atoms with Crippen LogP contribution in [-0.4, -0.2) is 9.13 Å². The fraction of sp³-hybridized carbons (Fsp3) is 0. The van der Waals surface area contributed by atoms with E-state index in [-0.39, 0.29) is 0 Å². The van der Waals surface area contributed by atoms with Crippen molar-refractivity contribution in [2.75, 3.05) is 0 Å². The minimum atomic E-state index is 1.17. The maximum Gasteiger partial charge on any atom is 0.0562 e. The van der Waals surface area contributed by atoms with E-state index in [1.165, 1.54) is 96.7 Å². The molecule has 3 aromatic heterocycles. The maximum absolute atomic E-state index is 2.50. The molecule has 0 aliphatic rings. The van der Waals surface area contributed by atoms with Gasteiger partial charge < -0.3 is 9.13 Å². The summed E-state index contributed by atoms with van der Waals surface area (Å²) >= 11 is 1.89. The number of benzene rings is 8. The van der Waals surface area contributed by atoms with Gasteiger partial charge in [0.1, 0.15) is 0 Å². The second-order valence-electron chi connectivity index (χ2n) is 12.5. The molecular formula is C44H26N2S. The van der Waals surface area contributed by atoms with Gasteiger partial charge in [0.2, 0.25) is 0 Å². The van der Waals surface area contributed by atoms with Crippen LogP contribution in [0, 0.1) is 0 Å². The van der Waals surface area contributed by atoms with Crippen molar-refractivity contribution in [2.45, 2.75) is 0 Å². The molecule has 0 saturated carbocycles. The average Bonchev–Trinajstić information content (AvgIpc) is 3.78. The molecule has 0 bridgehead atoms. The first-order valence-corrected chi connectivity index (χ1v) is 16.9. The Bertz CT molecular complexity index is 3070. The summed E-state index contributed by atoms with van der Waals surface area (Å²) in [6.07, 6.45) is 0. The highest BCUT2D eigenvalue weighted by atomic mass is 32.1. The summed E-state index contributed by atoms with van der Waals surface area (Å²) in [6, 6.07) is 58.2. The molecule has 0 radical (unpaired) electrons. The molecule has 218 valence electrons. The Kier molecular flexibility index (Phi) is 5.02. The molecule has 0 amide bonds. The van der Waals surface area contributed by atoms with Crippen LogP contribution >= 0.6 is 11.3 Å². The Balaban J connectivity index is 1.37. The lowest BCUT2D eigenvalue weighted by Gasteiger charge is -2.14. The third kappa shape index (κ3) is 3.39. The minimum Gasteiger partial charge on any atom is -0.309 e. The Morgan fingerprint density at radius 3 is 1.89 bits per heavy atom. The summed E-state index contributed by atoms with van der Waals surface area (Å²) in [5, 5.41) is 12.9. The molecule has 0 unspecified atom stereocenters. The van der Waals surface area contributed by atoms with Crippen LogP contribution in [0.5, 0.6) is 0 Å². The van der Waals surface area contributed by atoms with Gasteiger partial charge in [0.15, 0.2) is 0 Å². The average molecular weight is 615 g/mol. The molecule has 0 atom stereocenters. The maximum atomic E-state index is 2.50. The molecular weight excluding hydrogens is 589 g/mol. The Morgan fingerprint density at radius 1 is 0.340 bits per heavy atom.